The first-order valence-corrected chi connectivity index (χ1v) is 3.19. The SMILES string of the molecule is C1CCC2(C1)OCO2. The van der Waals surface area contributed by atoms with Crippen molar-refractivity contribution in [1.29, 1.82) is 0 Å². The fourth-order valence-electron chi connectivity index (χ4n) is 1.43. The van der Waals surface area contributed by atoms with Crippen molar-refractivity contribution in [2.24, 2.45) is 0 Å². The zero-order chi connectivity index (χ0) is 5.45. The monoisotopic (exact) mass is 114 g/mol. The van der Waals surface area contributed by atoms with Crippen LogP contribution in [0.15, 0.2) is 0 Å². The molecular formula is C6H10O2. The van der Waals surface area contributed by atoms with Crippen molar-refractivity contribution in [2.45, 2.75) is 31.5 Å². The molecular weight excluding hydrogens is 104 g/mol. The van der Waals surface area contributed by atoms with Gasteiger partial charge in [-0.05, 0) is 12.8 Å². The van der Waals surface area contributed by atoms with E-state index in [9.17, 15) is 0 Å². The minimum absolute atomic E-state index is 0.0833. The summed E-state index contributed by atoms with van der Waals surface area (Å²) in [5, 5.41) is 0. The Morgan fingerprint density at radius 2 is 1.62 bits per heavy atom. The van der Waals surface area contributed by atoms with Crippen LogP contribution in [0.3, 0.4) is 0 Å². The summed E-state index contributed by atoms with van der Waals surface area (Å²) >= 11 is 0. The van der Waals surface area contributed by atoms with E-state index >= 15 is 0 Å². The molecule has 0 atom stereocenters. The molecule has 0 N–H and O–H groups in total. The second-order valence-corrected chi connectivity index (χ2v) is 2.52. The van der Waals surface area contributed by atoms with E-state index in [4.69, 9.17) is 9.47 Å². The largest absolute Gasteiger partial charge is 0.324 e. The molecule has 1 aliphatic heterocycles. The predicted molar refractivity (Wildman–Crippen MR) is 28.2 cm³/mol. The lowest BCUT2D eigenvalue weighted by Gasteiger charge is -2.37. The van der Waals surface area contributed by atoms with E-state index in [-0.39, 0.29) is 5.79 Å². The van der Waals surface area contributed by atoms with Crippen molar-refractivity contribution in [3.8, 4) is 0 Å². The van der Waals surface area contributed by atoms with E-state index in [1.165, 1.54) is 12.8 Å². The highest BCUT2D eigenvalue weighted by atomic mass is 16.9. The van der Waals surface area contributed by atoms with Crippen LogP contribution in [0.4, 0.5) is 0 Å². The zero-order valence-corrected chi connectivity index (χ0v) is 4.85. The maximum Gasteiger partial charge on any atom is 0.174 e. The molecule has 1 saturated heterocycles. The quantitative estimate of drug-likeness (QED) is 0.472. The van der Waals surface area contributed by atoms with Gasteiger partial charge in [-0.2, -0.15) is 0 Å². The highest BCUT2D eigenvalue weighted by molar-refractivity contribution is 4.79. The molecule has 2 aliphatic rings. The van der Waals surface area contributed by atoms with Crippen LogP contribution in [0.2, 0.25) is 0 Å². The third-order valence-corrected chi connectivity index (χ3v) is 2.01. The Kier molecular flexibility index (Phi) is 0.866. The van der Waals surface area contributed by atoms with Crippen LogP contribution in [-0.4, -0.2) is 12.6 Å². The number of hydrogen-bond donors (Lipinski definition) is 0. The van der Waals surface area contributed by atoms with Crippen molar-refractivity contribution < 1.29 is 9.47 Å². The second-order valence-electron chi connectivity index (χ2n) is 2.52. The summed E-state index contributed by atoms with van der Waals surface area (Å²) in [5.41, 5.74) is 0. The molecule has 2 fully saturated rings. The molecule has 0 amide bonds. The van der Waals surface area contributed by atoms with Gasteiger partial charge in [0.1, 0.15) is 0 Å². The van der Waals surface area contributed by atoms with Gasteiger partial charge in [-0.3, -0.25) is 0 Å². The standard InChI is InChI=1S/C6H10O2/c1-2-4-6(3-1)7-5-8-6/h1-5H2. The molecule has 0 aromatic rings. The van der Waals surface area contributed by atoms with E-state index in [1.807, 2.05) is 0 Å². The number of ether oxygens (including phenoxy) is 2. The Hall–Kier alpha value is -0.0800. The van der Waals surface area contributed by atoms with Crippen LogP contribution < -0.4 is 0 Å². The van der Waals surface area contributed by atoms with Gasteiger partial charge in [-0.25, -0.2) is 0 Å². The van der Waals surface area contributed by atoms with Gasteiger partial charge in [0, 0.05) is 12.8 Å². The van der Waals surface area contributed by atoms with Crippen molar-refractivity contribution >= 4 is 0 Å². The van der Waals surface area contributed by atoms with Crippen LogP contribution in [0.5, 0.6) is 0 Å². The van der Waals surface area contributed by atoms with Gasteiger partial charge in [0.25, 0.3) is 0 Å². The highest BCUT2D eigenvalue weighted by Gasteiger charge is 2.42. The Labute approximate surface area is 48.8 Å². The molecule has 2 rings (SSSR count). The third kappa shape index (κ3) is 0.501. The van der Waals surface area contributed by atoms with Gasteiger partial charge < -0.3 is 9.47 Å². The zero-order valence-electron chi connectivity index (χ0n) is 4.85. The van der Waals surface area contributed by atoms with Crippen LogP contribution in [0.1, 0.15) is 25.7 Å². The number of rotatable bonds is 0. The van der Waals surface area contributed by atoms with E-state index in [0.29, 0.717) is 6.79 Å². The fraction of sp³-hybridized carbons (Fsp3) is 1.00. The minimum Gasteiger partial charge on any atom is -0.324 e. The van der Waals surface area contributed by atoms with Gasteiger partial charge in [-0.1, -0.05) is 0 Å². The summed E-state index contributed by atoms with van der Waals surface area (Å²) in [6.45, 7) is 0.528. The molecule has 1 spiro atoms. The molecule has 1 saturated carbocycles. The van der Waals surface area contributed by atoms with Gasteiger partial charge in [0.05, 0.1) is 0 Å². The van der Waals surface area contributed by atoms with Crippen molar-refractivity contribution in [1.82, 2.24) is 0 Å². The third-order valence-electron chi connectivity index (χ3n) is 2.01. The van der Waals surface area contributed by atoms with Crippen molar-refractivity contribution in [3.05, 3.63) is 0 Å². The Bertz CT molecular complexity index is 88.7. The fourth-order valence-corrected chi connectivity index (χ4v) is 1.43. The summed E-state index contributed by atoms with van der Waals surface area (Å²) in [6, 6.07) is 0. The second kappa shape index (κ2) is 1.45. The molecule has 2 heteroatoms. The topological polar surface area (TPSA) is 18.5 Å². The van der Waals surface area contributed by atoms with E-state index in [1.54, 1.807) is 0 Å². The van der Waals surface area contributed by atoms with Gasteiger partial charge >= 0.3 is 0 Å². The van der Waals surface area contributed by atoms with Gasteiger partial charge in [-0.15, -0.1) is 0 Å². The molecule has 46 valence electrons. The predicted octanol–water partition coefficient (Wildman–Crippen LogP) is 1.26. The molecule has 1 aliphatic carbocycles. The van der Waals surface area contributed by atoms with E-state index in [2.05, 4.69) is 0 Å². The van der Waals surface area contributed by atoms with E-state index in [0.717, 1.165) is 12.8 Å². The number of hydrogen-bond acceptors (Lipinski definition) is 2. The van der Waals surface area contributed by atoms with Gasteiger partial charge in [0.2, 0.25) is 0 Å². The lowest BCUT2D eigenvalue weighted by molar-refractivity contribution is -0.393. The van der Waals surface area contributed by atoms with Crippen LogP contribution >= 0.6 is 0 Å². The van der Waals surface area contributed by atoms with E-state index < -0.39 is 0 Å². The first-order valence-electron chi connectivity index (χ1n) is 3.19. The summed E-state index contributed by atoms with van der Waals surface area (Å²) < 4.78 is 10.5. The summed E-state index contributed by atoms with van der Waals surface area (Å²) in [6.07, 6.45) is 4.79. The first-order chi connectivity index (χ1) is 3.91. The van der Waals surface area contributed by atoms with Crippen molar-refractivity contribution in [3.63, 3.8) is 0 Å². The average Bonchev–Trinajstić information content (AvgIpc) is 2.07. The van der Waals surface area contributed by atoms with Crippen molar-refractivity contribution in [2.75, 3.05) is 6.79 Å². The maximum atomic E-state index is 5.26. The first kappa shape index (κ1) is 4.77. The molecule has 0 unspecified atom stereocenters. The summed E-state index contributed by atoms with van der Waals surface area (Å²) in [4.78, 5) is 0. The Morgan fingerprint density at radius 1 is 1.00 bits per heavy atom. The lowest BCUT2D eigenvalue weighted by Crippen LogP contribution is -2.43. The lowest BCUT2D eigenvalue weighted by atomic mass is 10.2. The summed E-state index contributed by atoms with van der Waals surface area (Å²) in [7, 11) is 0. The molecule has 0 aromatic heterocycles. The smallest absolute Gasteiger partial charge is 0.174 e. The average molecular weight is 114 g/mol. The normalized spacial score (nSPS) is 33.0. The minimum atomic E-state index is -0.0833. The maximum absolute atomic E-state index is 5.26. The molecule has 1 heterocycles. The molecule has 2 nitrogen and oxygen atoms in total. The molecule has 0 bridgehead atoms. The highest BCUT2D eigenvalue weighted by Crippen LogP contribution is 2.39. The van der Waals surface area contributed by atoms with Crippen LogP contribution in [0.25, 0.3) is 0 Å². The Balaban J connectivity index is 2.01. The molecule has 8 heavy (non-hydrogen) atoms. The van der Waals surface area contributed by atoms with Crippen LogP contribution in [-0.2, 0) is 9.47 Å². The summed E-state index contributed by atoms with van der Waals surface area (Å²) in [5.74, 6) is -0.0833. The van der Waals surface area contributed by atoms with Gasteiger partial charge in [0.15, 0.2) is 12.6 Å². The molecule has 0 radical (unpaired) electrons. The van der Waals surface area contributed by atoms with Crippen LogP contribution in [0, 0.1) is 0 Å². The molecule has 0 aromatic carbocycles. The Morgan fingerprint density at radius 3 is 1.88 bits per heavy atom.